The number of nitrogens with one attached hydrogen (secondary N) is 1. The predicted octanol–water partition coefficient (Wildman–Crippen LogP) is -0.919. The molecule has 13 heavy (non-hydrogen) atoms. The summed E-state index contributed by atoms with van der Waals surface area (Å²) in [7, 11) is -2.55. The highest BCUT2D eigenvalue weighted by Gasteiger charge is 2.07. The van der Waals surface area contributed by atoms with Crippen LogP contribution < -0.4 is 5.32 Å². The van der Waals surface area contributed by atoms with Gasteiger partial charge in [-0.15, -0.1) is 0 Å². The van der Waals surface area contributed by atoms with Gasteiger partial charge in [0, 0.05) is 13.6 Å². The van der Waals surface area contributed by atoms with Crippen LogP contribution in [0.2, 0.25) is 0 Å². The molecule has 0 aromatic carbocycles. The zero-order valence-electron chi connectivity index (χ0n) is 7.44. The third-order valence-electron chi connectivity index (χ3n) is 1.31. The van der Waals surface area contributed by atoms with E-state index >= 15 is 0 Å². The average molecular weight is 208 g/mol. The van der Waals surface area contributed by atoms with E-state index in [1.165, 1.54) is 14.0 Å². The molecule has 1 amide bonds. The Bertz CT molecular complexity index is 307. The fourth-order valence-electron chi connectivity index (χ4n) is 0.523. The fourth-order valence-corrected chi connectivity index (χ4v) is 0.883. The molecule has 0 bridgehead atoms. The van der Waals surface area contributed by atoms with Crippen molar-refractivity contribution in [2.45, 2.75) is 6.92 Å². The maximum Gasteiger partial charge on any atom is 0.266 e. The predicted molar refractivity (Wildman–Crippen MR) is 48.5 cm³/mol. The van der Waals surface area contributed by atoms with Crippen molar-refractivity contribution in [2.75, 3.05) is 19.3 Å². The highest BCUT2D eigenvalue weighted by atomic mass is 32.2. The normalized spacial score (nSPS) is 12.7. The maximum absolute atomic E-state index is 10.9. The van der Waals surface area contributed by atoms with Crippen molar-refractivity contribution >= 4 is 21.7 Å². The van der Waals surface area contributed by atoms with Crippen LogP contribution in [0.4, 0.5) is 0 Å². The average Bonchev–Trinajstić information content (AvgIpc) is 2.00. The van der Waals surface area contributed by atoms with Crippen molar-refractivity contribution in [3.8, 4) is 0 Å². The summed E-state index contributed by atoms with van der Waals surface area (Å²) >= 11 is 0. The summed E-state index contributed by atoms with van der Waals surface area (Å²) in [5, 5.41) is 2.28. The van der Waals surface area contributed by atoms with Gasteiger partial charge in [0.05, 0.1) is 11.5 Å². The number of carbonyl (C=O) groups excluding carboxylic acids is 1. The Hall–Kier alpha value is -0.950. The molecule has 0 aliphatic rings. The Labute approximate surface area is 76.8 Å². The molecule has 0 rings (SSSR count). The van der Waals surface area contributed by atoms with Gasteiger partial charge in [0.2, 0.25) is 0 Å². The van der Waals surface area contributed by atoms with Crippen LogP contribution in [0.15, 0.2) is 4.99 Å². The molecule has 0 aliphatic heterocycles. The molecule has 0 unspecified atom stereocenters. The molecule has 0 heterocycles. The largest absolute Gasteiger partial charge is 0.350 e. The summed E-state index contributed by atoms with van der Waals surface area (Å²) < 4.78 is 28.8. The summed E-state index contributed by atoms with van der Waals surface area (Å²) in [6.07, 6.45) is 0. The van der Waals surface area contributed by atoms with Gasteiger partial charge in [-0.05, 0) is 6.92 Å². The smallest absolute Gasteiger partial charge is 0.266 e. The molecule has 0 fully saturated rings. The molecule has 0 saturated carbocycles. The number of aliphatic imine (C=N–C) groups is 1. The van der Waals surface area contributed by atoms with Gasteiger partial charge in [0.15, 0.2) is 0 Å². The third-order valence-corrected chi connectivity index (χ3v) is 2.03. The molecule has 7 heteroatoms. The molecular formula is C6H12N2O4S. The van der Waals surface area contributed by atoms with Crippen molar-refractivity contribution in [1.82, 2.24) is 5.32 Å². The van der Waals surface area contributed by atoms with E-state index in [9.17, 15) is 13.2 Å². The minimum absolute atomic E-state index is 0.121. The van der Waals surface area contributed by atoms with Crippen LogP contribution in [0, 0.1) is 0 Å². The van der Waals surface area contributed by atoms with E-state index in [-0.39, 0.29) is 12.3 Å². The van der Waals surface area contributed by atoms with Crippen LogP contribution in [0.3, 0.4) is 0 Å². The maximum atomic E-state index is 10.9. The molecule has 0 spiro atoms. The van der Waals surface area contributed by atoms with Gasteiger partial charge in [-0.2, -0.15) is 8.42 Å². The lowest BCUT2D eigenvalue weighted by Crippen LogP contribution is -2.33. The monoisotopic (exact) mass is 208 g/mol. The Morgan fingerprint density at radius 3 is 2.46 bits per heavy atom. The Balaban J connectivity index is 3.86. The second-order valence-corrected chi connectivity index (χ2v) is 3.92. The van der Waals surface area contributed by atoms with Crippen molar-refractivity contribution in [3.05, 3.63) is 0 Å². The molecule has 2 N–H and O–H groups in total. The van der Waals surface area contributed by atoms with E-state index < -0.39 is 21.8 Å². The van der Waals surface area contributed by atoms with Crippen LogP contribution in [0.1, 0.15) is 6.92 Å². The number of hydrogen-bond acceptors (Lipinski definition) is 4. The van der Waals surface area contributed by atoms with E-state index in [1.54, 1.807) is 0 Å². The first kappa shape index (κ1) is 12.0. The van der Waals surface area contributed by atoms with E-state index in [4.69, 9.17) is 4.55 Å². The number of hydrogen-bond donors (Lipinski definition) is 2. The molecular weight excluding hydrogens is 196 g/mol. The topological polar surface area (TPSA) is 95.8 Å². The van der Waals surface area contributed by atoms with E-state index in [0.717, 1.165) is 0 Å². The number of carbonyl (C=O) groups is 1. The highest BCUT2D eigenvalue weighted by molar-refractivity contribution is 7.85. The summed E-state index contributed by atoms with van der Waals surface area (Å²) in [5.74, 6) is -0.929. The van der Waals surface area contributed by atoms with E-state index in [0.29, 0.717) is 0 Å². The standard InChI is InChI=1S/C6H12N2O4S/c1-5(7-2)6(9)8-3-4-13(10,11)12/h3-4H2,1-2H3,(H,8,9)(H,10,11,12). The van der Waals surface area contributed by atoms with Crippen molar-refractivity contribution in [1.29, 1.82) is 0 Å². The fraction of sp³-hybridized carbons (Fsp3) is 0.667. The SMILES string of the molecule is CN=C(C)C(=O)NCCS(=O)(=O)O. The lowest BCUT2D eigenvalue weighted by molar-refractivity contribution is -0.114. The number of rotatable bonds is 4. The third kappa shape index (κ3) is 6.23. The molecule has 0 aromatic heterocycles. The molecule has 0 saturated heterocycles. The van der Waals surface area contributed by atoms with Crippen LogP contribution in [0.25, 0.3) is 0 Å². The second-order valence-electron chi connectivity index (χ2n) is 2.35. The number of nitrogens with zero attached hydrogens (tertiary/aromatic N) is 1. The molecule has 0 radical (unpaired) electrons. The van der Waals surface area contributed by atoms with Gasteiger partial charge in [-0.25, -0.2) is 0 Å². The number of amides is 1. The van der Waals surface area contributed by atoms with Crippen LogP contribution in [-0.2, 0) is 14.9 Å². The van der Waals surface area contributed by atoms with E-state index in [2.05, 4.69) is 10.3 Å². The summed E-state index contributed by atoms with van der Waals surface area (Å²) in [5.41, 5.74) is 0.260. The highest BCUT2D eigenvalue weighted by Crippen LogP contribution is 1.80. The Morgan fingerprint density at radius 2 is 2.08 bits per heavy atom. The van der Waals surface area contributed by atoms with Crippen LogP contribution in [-0.4, -0.2) is 43.9 Å². The van der Waals surface area contributed by atoms with Gasteiger partial charge in [0.25, 0.3) is 16.0 Å². The summed E-state index contributed by atoms with van der Waals surface area (Å²) in [6, 6.07) is 0. The van der Waals surface area contributed by atoms with Crippen LogP contribution in [0.5, 0.6) is 0 Å². The van der Waals surface area contributed by atoms with Gasteiger partial charge in [0.1, 0.15) is 0 Å². The Kier molecular flexibility index (Phi) is 4.57. The molecule has 0 aliphatic carbocycles. The molecule has 76 valence electrons. The summed E-state index contributed by atoms with van der Waals surface area (Å²) in [4.78, 5) is 14.5. The van der Waals surface area contributed by atoms with Crippen LogP contribution >= 0.6 is 0 Å². The second kappa shape index (κ2) is 4.93. The Morgan fingerprint density at radius 1 is 1.54 bits per heavy atom. The van der Waals surface area contributed by atoms with Crippen molar-refractivity contribution < 1.29 is 17.8 Å². The van der Waals surface area contributed by atoms with Crippen molar-refractivity contribution in [2.24, 2.45) is 4.99 Å². The lowest BCUT2D eigenvalue weighted by atomic mass is 10.4. The minimum Gasteiger partial charge on any atom is -0.350 e. The summed E-state index contributed by atoms with van der Waals surface area (Å²) in [6.45, 7) is 1.38. The lowest BCUT2D eigenvalue weighted by Gasteiger charge is -2.01. The quantitative estimate of drug-likeness (QED) is 0.461. The van der Waals surface area contributed by atoms with Gasteiger partial charge in [-0.1, -0.05) is 0 Å². The molecule has 0 aromatic rings. The first-order valence-electron chi connectivity index (χ1n) is 3.53. The molecule has 0 atom stereocenters. The van der Waals surface area contributed by atoms with E-state index in [1.807, 2.05) is 0 Å². The molecule has 6 nitrogen and oxygen atoms in total. The van der Waals surface area contributed by atoms with Gasteiger partial charge >= 0.3 is 0 Å². The van der Waals surface area contributed by atoms with Crippen molar-refractivity contribution in [3.63, 3.8) is 0 Å². The first-order valence-corrected chi connectivity index (χ1v) is 5.14. The zero-order chi connectivity index (χ0) is 10.5. The minimum atomic E-state index is -4.01. The van der Waals surface area contributed by atoms with Gasteiger partial charge < -0.3 is 5.32 Å². The van der Waals surface area contributed by atoms with Gasteiger partial charge in [-0.3, -0.25) is 14.3 Å². The zero-order valence-corrected chi connectivity index (χ0v) is 8.26. The first-order chi connectivity index (χ1) is 5.87.